The molecule has 0 spiro atoms. The van der Waals surface area contributed by atoms with Crippen LogP contribution < -0.4 is 14.4 Å². The van der Waals surface area contributed by atoms with E-state index >= 15 is 0 Å². The van der Waals surface area contributed by atoms with Gasteiger partial charge >= 0.3 is 11.9 Å². The first kappa shape index (κ1) is 27.1. The molecule has 4 aromatic carbocycles. The van der Waals surface area contributed by atoms with Crippen LogP contribution in [-0.4, -0.2) is 11.9 Å². The third-order valence-electron chi connectivity index (χ3n) is 6.04. The highest BCUT2D eigenvalue weighted by Crippen LogP contribution is 2.37. The molecular formula is C34H31NO4. The number of carbonyl (C=O) groups excluding carboxylic acids is 2. The van der Waals surface area contributed by atoms with Crippen LogP contribution in [0.15, 0.2) is 115 Å². The minimum absolute atomic E-state index is 0.245. The summed E-state index contributed by atoms with van der Waals surface area (Å²) in [5.41, 5.74) is 7.53. The highest BCUT2D eigenvalue weighted by atomic mass is 16.5. The zero-order chi connectivity index (χ0) is 28.1. The monoisotopic (exact) mass is 517 g/mol. The Labute approximate surface area is 229 Å². The van der Waals surface area contributed by atoms with Crippen LogP contribution >= 0.6 is 0 Å². The summed E-state index contributed by atoms with van der Waals surface area (Å²) in [6, 6.07) is 29.8. The Morgan fingerprint density at radius 3 is 1.28 bits per heavy atom. The second-order valence-corrected chi connectivity index (χ2v) is 9.59. The zero-order valence-corrected chi connectivity index (χ0v) is 22.7. The van der Waals surface area contributed by atoms with E-state index in [0.717, 1.165) is 28.2 Å². The number of nitrogens with zero attached hydrogens (tertiary/aromatic N) is 1. The number of hydrogen-bond acceptors (Lipinski definition) is 5. The fraction of sp³-hybridized carbons (Fsp3) is 0.118. The average molecular weight is 518 g/mol. The number of aryl methyl sites for hydroxylation is 2. The first-order valence-corrected chi connectivity index (χ1v) is 12.5. The minimum Gasteiger partial charge on any atom is -0.423 e. The average Bonchev–Trinajstić information content (AvgIpc) is 2.91. The van der Waals surface area contributed by atoms with E-state index in [4.69, 9.17) is 9.47 Å². The van der Waals surface area contributed by atoms with Crippen molar-refractivity contribution >= 4 is 29.0 Å². The van der Waals surface area contributed by atoms with Gasteiger partial charge in [0.1, 0.15) is 11.5 Å². The van der Waals surface area contributed by atoms with Gasteiger partial charge in [-0.15, -0.1) is 0 Å². The van der Waals surface area contributed by atoms with Crippen molar-refractivity contribution in [2.75, 3.05) is 4.90 Å². The number of carbonyl (C=O) groups is 2. The molecule has 0 aliphatic rings. The maximum Gasteiger partial charge on any atom is 0.338 e. The molecule has 0 aliphatic carbocycles. The summed E-state index contributed by atoms with van der Waals surface area (Å²) in [6.45, 7) is 14.5. The molecule has 0 bridgehead atoms. The normalized spacial score (nSPS) is 10.5. The van der Waals surface area contributed by atoms with Crippen LogP contribution in [0.3, 0.4) is 0 Å². The number of ether oxygens (including phenoxy) is 2. The lowest BCUT2D eigenvalue weighted by atomic mass is 10.0. The second kappa shape index (κ2) is 11.7. The van der Waals surface area contributed by atoms with Gasteiger partial charge in [0, 0.05) is 34.3 Å². The van der Waals surface area contributed by atoms with Gasteiger partial charge in [-0.3, -0.25) is 0 Å². The van der Waals surface area contributed by atoms with Crippen LogP contribution in [0.4, 0.5) is 17.1 Å². The van der Waals surface area contributed by atoms with Crippen molar-refractivity contribution in [1.29, 1.82) is 0 Å². The van der Waals surface area contributed by atoms with Crippen molar-refractivity contribution in [3.63, 3.8) is 0 Å². The summed E-state index contributed by atoms with van der Waals surface area (Å²) < 4.78 is 10.9. The lowest BCUT2D eigenvalue weighted by Gasteiger charge is -2.26. The molecule has 0 heterocycles. The van der Waals surface area contributed by atoms with Gasteiger partial charge in [-0.1, -0.05) is 60.7 Å². The Hall–Kier alpha value is -4.90. The fourth-order valence-corrected chi connectivity index (χ4v) is 3.88. The van der Waals surface area contributed by atoms with Crippen LogP contribution in [0.1, 0.15) is 25.0 Å². The molecule has 0 amide bonds. The zero-order valence-electron chi connectivity index (χ0n) is 22.7. The lowest BCUT2D eigenvalue weighted by Crippen LogP contribution is -2.10. The van der Waals surface area contributed by atoms with Gasteiger partial charge in [-0.2, -0.15) is 0 Å². The summed E-state index contributed by atoms with van der Waals surface area (Å²) >= 11 is 0. The Morgan fingerprint density at radius 1 is 0.564 bits per heavy atom. The Kier molecular flexibility index (Phi) is 8.11. The Balaban J connectivity index is 1.74. The molecule has 196 valence electrons. The van der Waals surface area contributed by atoms with Gasteiger partial charge in [0.2, 0.25) is 0 Å². The van der Waals surface area contributed by atoms with Crippen molar-refractivity contribution in [3.8, 4) is 22.6 Å². The minimum atomic E-state index is -0.563. The molecule has 4 rings (SSSR count). The van der Waals surface area contributed by atoms with E-state index in [9.17, 15) is 9.59 Å². The lowest BCUT2D eigenvalue weighted by molar-refractivity contribution is -0.130. The number of rotatable bonds is 8. The van der Waals surface area contributed by atoms with Gasteiger partial charge in [0.15, 0.2) is 0 Å². The van der Waals surface area contributed by atoms with Crippen molar-refractivity contribution in [2.45, 2.75) is 27.7 Å². The predicted octanol–water partition coefficient (Wildman–Crippen LogP) is 8.40. The molecule has 0 saturated carbocycles. The largest absolute Gasteiger partial charge is 0.423 e. The molecule has 0 aliphatic heterocycles. The van der Waals surface area contributed by atoms with Crippen molar-refractivity contribution in [1.82, 2.24) is 0 Å². The van der Waals surface area contributed by atoms with Crippen LogP contribution in [0.2, 0.25) is 0 Å². The molecule has 0 saturated heterocycles. The number of esters is 2. The van der Waals surface area contributed by atoms with E-state index in [1.807, 2.05) is 24.3 Å². The van der Waals surface area contributed by atoms with Crippen LogP contribution in [0, 0.1) is 13.8 Å². The van der Waals surface area contributed by atoms with Crippen LogP contribution in [0.5, 0.6) is 11.5 Å². The molecular weight excluding hydrogens is 486 g/mol. The summed E-state index contributed by atoms with van der Waals surface area (Å²) in [5.74, 6) is -0.636. The SMILES string of the molecule is C=C(C)C(=O)Oc1cc(OC(=O)C(=C)C)cc(-c2ccc(N(c3ccc(C)cc3)c3ccc(C)cc3)cc2)c1. The van der Waals surface area contributed by atoms with Gasteiger partial charge in [-0.05, 0) is 87.4 Å². The molecule has 5 nitrogen and oxygen atoms in total. The third-order valence-corrected chi connectivity index (χ3v) is 6.04. The van der Waals surface area contributed by atoms with Crippen LogP contribution in [-0.2, 0) is 9.59 Å². The maximum atomic E-state index is 12.2. The summed E-state index contributed by atoms with van der Waals surface area (Å²) in [4.78, 5) is 26.6. The first-order valence-electron chi connectivity index (χ1n) is 12.5. The molecule has 4 aromatic rings. The highest BCUT2D eigenvalue weighted by Gasteiger charge is 2.15. The summed E-state index contributed by atoms with van der Waals surface area (Å²) in [7, 11) is 0. The molecule has 0 atom stereocenters. The maximum absolute atomic E-state index is 12.2. The molecule has 0 unspecified atom stereocenters. The van der Waals surface area contributed by atoms with Gasteiger partial charge < -0.3 is 14.4 Å². The van der Waals surface area contributed by atoms with E-state index in [2.05, 4.69) is 80.4 Å². The van der Waals surface area contributed by atoms with Gasteiger partial charge in [0.25, 0.3) is 0 Å². The van der Waals surface area contributed by atoms with Gasteiger partial charge in [0.05, 0.1) is 0 Å². The Bertz CT molecular complexity index is 1440. The van der Waals surface area contributed by atoms with Crippen LogP contribution in [0.25, 0.3) is 11.1 Å². The third kappa shape index (κ3) is 6.70. The van der Waals surface area contributed by atoms with Crippen molar-refractivity contribution < 1.29 is 19.1 Å². The van der Waals surface area contributed by atoms with Crippen molar-refractivity contribution in [2.24, 2.45) is 0 Å². The van der Waals surface area contributed by atoms with Crippen molar-refractivity contribution in [3.05, 3.63) is 126 Å². The molecule has 5 heteroatoms. The molecule has 0 aromatic heterocycles. The van der Waals surface area contributed by atoms with E-state index in [-0.39, 0.29) is 22.6 Å². The quantitative estimate of drug-likeness (QED) is 0.133. The standard InChI is InChI=1S/C34H31NO4/c1-22(2)33(36)38-31-19-27(20-32(21-31)39-34(37)23(3)4)26-11-17-30(18-12-26)35(28-13-7-24(5)8-14-28)29-15-9-25(6)10-16-29/h7-21H,1,3H2,2,4-6H3. The van der Waals surface area contributed by atoms with E-state index in [1.54, 1.807) is 26.0 Å². The molecule has 0 radical (unpaired) electrons. The van der Waals surface area contributed by atoms with E-state index < -0.39 is 11.9 Å². The molecule has 0 N–H and O–H groups in total. The summed E-state index contributed by atoms with van der Waals surface area (Å²) in [5, 5.41) is 0. The van der Waals surface area contributed by atoms with E-state index in [0.29, 0.717) is 0 Å². The molecule has 0 fully saturated rings. The number of hydrogen-bond donors (Lipinski definition) is 0. The fourth-order valence-electron chi connectivity index (χ4n) is 3.88. The highest BCUT2D eigenvalue weighted by molar-refractivity contribution is 5.90. The summed E-state index contributed by atoms with van der Waals surface area (Å²) in [6.07, 6.45) is 0. The number of benzene rings is 4. The second-order valence-electron chi connectivity index (χ2n) is 9.59. The smallest absolute Gasteiger partial charge is 0.338 e. The molecule has 39 heavy (non-hydrogen) atoms. The van der Waals surface area contributed by atoms with Gasteiger partial charge in [-0.25, -0.2) is 9.59 Å². The number of anilines is 3. The predicted molar refractivity (Wildman–Crippen MR) is 157 cm³/mol. The Morgan fingerprint density at radius 2 is 0.923 bits per heavy atom. The first-order chi connectivity index (χ1) is 18.6. The van der Waals surface area contributed by atoms with E-state index in [1.165, 1.54) is 17.2 Å². The topological polar surface area (TPSA) is 55.8 Å².